The SMILES string of the molecule is O=C(CSc1ccc(Cl)cc1)NC(=S)Nc1ccc(NC(=O)c2ccco2)c(Cl)c1. The summed E-state index contributed by atoms with van der Waals surface area (Å²) in [6.07, 6.45) is 1.41. The summed E-state index contributed by atoms with van der Waals surface area (Å²) in [4.78, 5) is 25.0. The summed E-state index contributed by atoms with van der Waals surface area (Å²) in [7, 11) is 0. The quantitative estimate of drug-likeness (QED) is 0.322. The van der Waals surface area contributed by atoms with Gasteiger partial charge in [0, 0.05) is 15.6 Å². The van der Waals surface area contributed by atoms with Crippen LogP contribution in [-0.4, -0.2) is 22.7 Å². The van der Waals surface area contributed by atoms with E-state index in [0.717, 1.165) is 4.90 Å². The van der Waals surface area contributed by atoms with E-state index in [9.17, 15) is 9.59 Å². The van der Waals surface area contributed by atoms with E-state index in [1.807, 2.05) is 12.1 Å². The van der Waals surface area contributed by atoms with E-state index in [1.54, 1.807) is 42.5 Å². The van der Waals surface area contributed by atoms with E-state index in [2.05, 4.69) is 16.0 Å². The van der Waals surface area contributed by atoms with Gasteiger partial charge in [-0.05, 0) is 66.8 Å². The highest BCUT2D eigenvalue weighted by molar-refractivity contribution is 8.00. The molecule has 0 aliphatic carbocycles. The highest BCUT2D eigenvalue weighted by Gasteiger charge is 2.12. The molecule has 3 rings (SSSR count). The third-order valence-corrected chi connectivity index (χ3v) is 5.44. The fraction of sp³-hybridized carbons (Fsp3) is 0.0500. The van der Waals surface area contributed by atoms with Crippen molar-refractivity contribution >= 4 is 75.5 Å². The Morgan fingerprint density at radius 3 is 2.47 bits per heavy atom. The first-order valence-electron chi connectivity index (χ1n) is 8.54. The Kier molecular flexibility index (Phi) is 7.75. The molecular weight excluding hydrogens is 465 g/mol. The number of rotatable bonds is 6. The fourth-order valence-corrected chi connectivity index (χ4v) is 3.57. The van der Waals surface area contributed by atoms with Crippen LogP contribution in [0.25, 0.3) is 0 Å². The van der Waals surface area contributed by atoms with Crippen LogP contribution < -0.4 is 16.0 Å². The van der Waals surface area contributed by atoms with Gasteiger partial charge in [0.1, 0.15) is 0 Å². The zero-order valence-corrected chi connectivity index (χ0v) is 18.4. The van der Waals surface area contributed by atoms with Crippen molar-refractivity contribution in [3.8, 4) is 0 Å². The van der Waals surface area contributed by atoms with E-state index in [0.29, 0.717) is 21.4 Å². The number of carbonyl (C=O) groups is 2. The molecule has 0 aliphatic heterocycles. The van der Waals surface area contributed by atoms with Gasteiger partial charge in [0.2, 0.25) is 5.91 Å². The number of furan rings is 1. The van der Waals surface area contributed by atoms with Crippen LogP contribution in [0.15, 0.2) is 70.2 Å². The minimum atomic E-state index is -0.413. The highest BCUT2D eigenvalue weighted by atomic mass is 35.5. The number of anilines is 2. The van der Waals surface area contributed by atoms with Gasteiger partial charge in [-0.3, -0.25) is 9.59 Å². The monoisotopic (exact) mass is 479 g/mol. The Bertz CT molecular complexity index is 1060. The average Bonchev–Trinajstić information content (AvgIpc) is 3.24. The number of thioether (sulfide) groups is 1. The molecule has 0 bridgehead atoms. The van der Waals surface area contributed by atoms with Gasteiger partial charge in [-0.25, -0.2) is 0 Å². The molecular formula is C20H15Cl2N3O3S2. The third-order valence-electron chi connectivity index (χ3n) is 3.66. The van der Waals surface area contributed by atoms with Crippen LogP contribution in [0.5, 0.6) is 0 Å². The minimum Gasteiger partial charge on any atom is -0.459 e. The fourth-order valence-electron chi connectivity index (χ4n) is 2.29. The summed E-state index contributed by atoms with van der Waals surface area (Å²) in [6, 6.07) is 15.2. The first kappa shape index (κ1) is 22.2. The maximum atomic E-state index is 12.1. The molecule has 1 aromatic heterocycles. The van der Waals surface area contributed by atoms with Crippen molar-refractivity contribution in [3.05, 3.63) is 76.7 Å². The lowest BCUT2D eigenvalue weighted by Gasteiger charge is -2.12. The molecule has 0 saturated heterocycles. The Morgan fingerprint density at radius 2 is 1.80 bits per heavy atom. The molecule has 0 aliphatic rings. The van der Waals surface area contributed by atoms with Crippen molar-refractivity contribution in [1.82, 2.24) is 5.32 Å². The Balaban J connectivity index is 1.49. The van der Waals surface area contributed by atoms with Crippen molar-refractivity contribution < 1.29 is 14.0 Å². The predicted octanol–water partition coefficient (Wildman–Crippen LogP) is 5.44. The first-order chi connectivity index (χ1) is 14.4. The number of halogens is 2. The van der Waals surface area contributed by atoms with Crippen molar-refractivity contribution in [3.63, 3.8) is 0 Å². The molecule has 0 fully saturated rings. The standard InChI is InChI=1S/C20H15Cl2N3O3S2/c21-12-3-6-14(7-4-12)30-11-18(26)25-20(29)23-13-5-8-16(15(22)10-13)24-19(27)17-2-1-9-28-17/h1-10H,11H2,(H,24,27)(H2,23,25,26,29). The van der Waals surface area contributed by atoms with Gasteiger partial charge in [-0.15, -0.1) is 11.8 Å². The summed E-state index contributed by atoms with van der Waals surface area (Å²) in [6.45, 7) is 0. The second-order valence-corrected chi connectivity index (χ2v) is 8.17. The molecule has 0 atom stereocenters. The lowest BCUT2D eigenvalue weighted by molar-refractivity contribution is -0.117. The summed E-state index contributed by atoms with van der Waals surface area (Å²) in [5.41, 5.74) is 0.976. The maximum Gasteiger partial charge on any atom is 0.291 e. The van der Waals surface area contributed by atoms with Crippen molar-refractivity contribution in [2.24, 2.45) is 0 Å². The Morgan fingerprint density at radius 1 is 1.03 bits per heavy atom. The number of hydrogen-bond acceptors (Lipinski definition) is 5. The summed E-state index contributed by atoms with van der Waals surface area (Å²) >= 11 is 18.6. The van der Waals surface area contributed by atoms with Crippen molar-refractivity contribution in [2.45, 2.75) is 4.90 Å². The average molecular weight is 480 g/mol. The number of thiocarbonyl (C=S) groups is 1. The first-order valence-corrected chi connectivity index (χ1v) is 10.7. The number of hydrogen-bond donors (Lipinski definition) is 3. The smallest absolute Gasteiger partial charge is 0.291 e. The zero-order valence-electron chi connectivity index (χ0n) is 15.3. The van der Waals surface area contributed by atoms with Gasteiger partial charge in [0.25, 0.3) is 5.91 Å². The van der Waals surface area contributed by atoms with Gasteiger partial charge in [-0.2, -0.15) is 0 Å². The molecule has 0 saturated carbocycles. The lowest BCUT2D eigenvalue weighted by Crippen LogP contribution is -2.35. The van der Waals surface area contributed by atoms with Crippen molar-refractivity contribution in [1.29, 1.82) is 0 Å². The van der Waals surface area contributed by atoms with Crippen LogP contribution in [0.2, 0.25) is 10.0 Å². The predicted molar refractivity (Wildman–Crippen MR) is 125 cm³/mol. The van der Waals surface area contributed by atoms with E-state index in [4.69, 9.17) is 39.8 Å². The van der Waals surface area contributed by atoms with Crippen LogP contribution in [0, 0.1) is 0 Å². The largest absolute Gasteiger partial charge is 0.459 e. The molecule has 0 unspecified atom stereocenters. The van der Waals surface area contributed by atoms with E-state index < -0.39 is 5.91 Å². The molecule has 30 heavy (non-hydrogen) atoms. The highest BCUT2D eigenvalue weighted by Crippen LogP contribution is 2.26. The van der Waals surface area contributed by atoms with E-state index in [-0.39, 0.29) is 22.5 Å². The molecule has 3 N–H and O–H groups in total. The summed E-state index contributed by atoms with van der Waals surface area (Å²) in [5, 5.41) is 9.22. The maximum absolute atomic E-state index is 12.1. The Hall–Kier alpha value is -2.52. The van der Waals surface area contributed by atoms with Gasteiger partial charge in [0.15, 0.2) is 10.9 Å². The normalized spacial score (nSPS) is 10.3. The van der Waals surface area contributed by atoms with Gasteiger partial charge in [0.05, 0.1) is 22.7 Å². The number of carbonyl (C=O) groups excluding carboxylic acids is 2. The van der Waals surface area contributed by atoms with E-state index >= 15 is 0 Å². The Labute approximate surface area is 192 Å². The van der Waals surface area contributed by atoms with Crippen molar-refractivity contribution in [2.75, 3.05) is 16.4 Å². The number of amides is 2. The second kappa shape index (κ2) is 10.5. The van der Waals surface area contributed by atoms with Crippen LogP contribution in [0.3, 0.4) is 0 Å². The molecule has 154 valence electrons. The summed E-state index contributed by atoms with van der Waals surface area (Å²) in [5.74, 6) is -0.291. The molecule has 0 radical (unpaired) electrons. The zero-order chi connectivity index (χ0) is 21.5. The van der Waals surface area contributed by atoms with Crippen LogP contribution in [0.1, 0.15) is 10.6 Å². The number of benzene rings is 2. The molecule has 0 spiro atoms. The van der Waals surface area contributed by atoms with Gasteiger partial charge in [-0.1, -0.05) is 23.2 Å². The third kappa shape index (κ3) is 6.50. The van der Waals surface area contributed by atoms with E-state index in [1.165, 1.54) is 18.0 Å². The second-order valence-electron chi connectivity index (χ2n) is 5.87. The topological polar surface area (TPSA) is 83.4 Å². The lowest BCUT2D eigenvalue weighted by atomic mass is 10.2. The molecule has 1 heterocycles. The molecule has 2 amide bonds. The van der Waals surface area contributed by atoms with Crippen LogP contribution in [-0.2, 0) is 4.79 Å². The minimum absolute atomic E-state index is 0.139. The molecule has 6 nitrogen and oxygen atoms in total. The van der Waals surface area contributed by atoms with Crippen LogP contribution >= 0.6 is 47.2 Å². The molecule has 3 aromatic rings. The molecule has 10 heteroatoms. The van der Waals surface area contributed by atoms with Gasteiger partial charge < -0.3 is 20.4 Å². The summed E-state index contributed by atoms with van der Waals surface area (Å²) < 4.78 is 5.04. The number of nitrogens with one attached hydrogen (secondary N) is 3. The van der Waals surface area contributed by atoms with Gasteiger partial charge >= 0.3 is 0 Å². The van der Waals surface area contributed by atoms with Crippen LogP contribution in [0.4, 0.5) is 11.4 Å². The molecule has 2 aromatic carbocycles.